The summed E-state index contributed by atoms with van der Waals surface area (Å²) >= 11 is 0. The Morgan fingerprint density at radius 2 is 1.93 bits per heavy atom. The third-order valence-electron chi connectivity index (χ3n) is 5.10. The molecule has 1 aromatic heterocycles. The molecule has 2 aromatic carbocycles. The molecule has 4 rings (SSSR count). The maximum absolute atomic E-state index is 13.2. The minimum absolute atomic E-state index is 0.0901. The van der Waals surface area contributed by atoms with Crippen LogP contribution in [0.2, 0.25) is 0 Å². The number of aromatic hydroxyl groups is 1. The van der Waals surface area contributed by atoms with Crippen LogP contribution in [0.15, 0.2) is 35.1 Å². The van der Waals surface area contributed by atoms with E-state index in [-0.39, 0.29) is 40.5 Å². The zero-order valence-electron chi connectivity index (χ0n) is 15.5. The first kappa shape index (κ1) is 18.6. The molecule has 9 heteroatoms. The molecule has 0 spiro atoms. The van der Waals surface area contributed by atoms with Crippen LogP contribution in [0, 0.1) is 10.1 Å². The first-order valence-corrected chi connectivity index (χ1v) is 8.90. The average Bonchev–Trinajstić information content (AvgIpc) is 2.98. The van der Waals surface area contributed by atoms with E-state index in [0.29, 0.717) is 35.2 Å². The largest absolute Gasteiger partial charge is 0.504 e. The number of fused-ring (bicyclic) bond motifs is 5. The number of ketones is 1. The van der Waals surface area contributed by atoms with Gasteiger partial charge in [0.25, 0.3) is 11.2 Å². The topological polar surface area (TPSA) is 138 Å². The van der Waals surface area contributed by atoms with Gasteiger partial charge in [0.15, 0.2) is 17.3 Å². The molecule has 0 saturated heterocycles. The van der Waals surface area contributed by atoms with Gasteiger partial charge in [-0.3, -0.25) is 19.7 Å². The SMILES string of the molecule is COc1cc2c(cc1O)-c1c(c3ccc([N+](=O)[O-])cc3c(=O)n1CCCN)C2=O. The van der Waals surface area contributed by atoms with E-state index in [2.05, 4.69) is 0 Å². The van der Waals surface area contributed by atoms with E-state index in [1.165, 1.54) is 42.0 Å². The molecule has 148 valence electrons. The lowest BCUT2D eigenvalue weighted by Gasteiger charge is -2.15. The number of benzene rings is 2. The molecule has 0 atom stereocenters. The van der Waals surface area contributed by atoms with Gasteiger partial charge in [0, 0.05) is 35.2 Å². The molecule has 0 saturated carbocycles. The summed E-state index contributed by atoms with van der Waals surface area (Å²) < 4.78 is 6.51. The van der Waals surface area contributed by atoms with Gasteiger partial charge >= 0.3 is 0 Å². The van der Waals surface area contributed by atoms with E-state index in [9.17, 15) is 24.8 Å². The Bertz CT molecular complexity index is 1260. The fourth-order valence-electron chi connectivity index (χ4n) is 3.77. The molecule has 0 fully saturated rings. The van der Waals surface area contributed by atoms with Crippen LogP contribution in [-0.2, 0) is 6.54 Å². The molecular formula is C20H17N3O6. The van der Waals surface area contributed by atoms with Gasteiger partial charge in [-0.05, 0) is 31.2 Å². The van der Waals surface area contributed by atoms with Gasteiger partial charge in [-0.15, -0.1) is 0 Å². The van der Waals surface area contributed by atoms with Gasteiger partial charge in [0.05, 0.1) is 28.7 Å². The van der Waals surface area contributed by atoms with E-state index in [4.69, 9.17) is 10.5 Å². The Morgan fingerprint density at radius 3 is 2.59 bits per heavy atom. The van der Waals surface area contributed by atoms with Crippen LogP contribution in [-0.4, -0.2) is 34.0 Å². The summed E-state index contributed by atoms with van der Waals surface area (Å²) in [4.78, 5) is 37.0. The third-order valence-corrected chi connectivity index (χ3v) is 5.10. The van der Waals surface area contributed by atoms with Crippen LogP contribution < -0.4 is 16.0 Å². The lowest BCUT2D eigenvalue weighted by atomic mass is 10.0. The number of nitro groups is 1. The summed E-state index contributed by atoms with van der Waals surface area (Å²) in [5.41, 5.74) is 6.28. The molecule has 1 heterocycles. The van der Waals surface area contributed by atoms with Crippen molar-refractivity contribution in [1.82, 2.24) is 4.57 Å². The Hall–Kier alpha value is -3.72. The van der Waals surface area contributed by atoms with Crippen LogP contribution in [0.5, 0.6) is 11.5 Å². The number of phenols is 1. The smallest absolute Gasteiger partial charge is 0.270 e. The van der Waals surface area contributed by atoms with E-state index >= 15 is 0 Å². The molecule has 0 unspecified atom stereocenters. The van der Waals surface area contributed by atoms with Crippen LogP contribution in [0.3, 0.4) is 0 Å². The molecule has 0 amide bonds. The number of rotatable bonds is 5. The highest BCUT2D eigenvalue weighted by molar-refractivity contribution is 6.27. The quantitative estimate of drug-likeness (QED) is 0.390. The van der Waals surface area contributed by atoms with E-state index in [1.54, 1.807) is 0 Å². The summed E-state index contributed by atoms with van der Waals surface area (Å²) in [6.45, 7) is 0.554. The van der Waals surface area contributed by atoms with Gasteiger partial charge in [-0.2, -0.15) is 0 Å². The number of ether oxygens (including phenoxy) is 1. The zero-order valence-corrected chi connectivity index (χ0v) is 15.5. The maximum atomic E-state index is 13.2. The van der Waals surface area contributed by atoms with E-state index in [1.807, 2.05) is 0 Å². The molecule has 3 aromatic rings. The van der Waals surface area contributed by atoms with E-state index in [0.717, 1.165) is 0 Å². The number of nitrogens with zero attached hydrogens (tertiary/aromatic N) is 2. The number of carbonyl (C=O) groups is 1. The number of carbonyl (C=O) groups excluding carboxylic acids is 1. The second-order valence-corrected chi connectivity index (χ2v) is 6.71. The number of hydrogen-bond donors (Lipinski definition) is 2. The van der Waals surface area contributed by atoms with Crippen molar-refractivity contribution in [2.24, 2.45) is 5.73 Å². The van der Waals surface area contributed by atoms with Crippen molar-refractivity contribution in [2.75, 3.05) is 13.7 Å². The Kier molecular flexibility index (Phi) is 4.31. The van der Waals surface area contributed by atoms with Gasteiger partial charge in [-0.1, -0.05) is 0 Å². The number of non-ortho nitro benzene ring substituents is 1. The fourth-order valence-corrected chi connectivity index (χ4v) is 3.77. The molecule has 1 aliphatic rings. The lowest BCUT2D eigenvalue weighted by molar-refractivity contribution is -0.384. The predicted molar refractivity (Wildman–Crippen MR) is 106 cm³/mol. The van der Waals surface area contributed by atoms with Crippen molar-refractivity contribution >= 4 is 22.2 Å². The summed E-state index contributed by atoms with van der Waals surface area (Å²) in [5.74, 6) is -0.358. The number of aromatic nitrogens is 1. The number of phenolic OH excluding ortho intramolecular Hbond substituents is 1. The third kappa shape index (κ3) is 2.66. The minimum Gasteiger partial charge on any atom is -0.504 e. The van der Waals surface area contributed by atoms with Gasteiger partial charge in [-0.25, -0.2) is 0 Å². The van der Waals surface area contributed by atoms with Gasteiger partial charge in [0.1, 0.15) is 0 Å². The first-order valence-electron chi connectivity index (χ1n) is 8.90. The van der Waals surface area contributed by atoms with Crippen molar-refractivity contribution in [3.8, 4) is 22.8 Å². The molecule has 1 aliphatic carbocycles. The second-order valence-electron chi connectivity index (χ2n) is 6.71. The minimum atomic E-state index is -0.587. The first-order chi connectivity index (χ1) is 13.9. The second kappa shape index (κ2) is 6.71. The maximum Gasteiger partial charge on any atom is 0.270 e. The molecule has 0 aliphatic heterocycles. The Balaban J connectivity index is 2.13. The predicted octanol–water partition coefficient (Wildman–Crippen LogP) is 2.18. The highest BCUT2D eigenvalue weighted by atomic mass is 16.6. The molecule has 9 nitrogen and oxygen atoms in total. The highest BCUT2D eigenvalue weighted by Crippen LogP contribution is 2.44. The molecule has 0 bridgehead atoms. The van der Waals surface area contributed by atoms with E-state index < -0.39 is 10.5 Å². The number of nitro benzene ring substituents is 1. The summed E-state index contributed by atoms with van der Waals surface area (Å²) in [6.07, 6.45) is 0.471. The van der Waals surface area contributed by atoms with Crippen molar-refractivity contribution in [2.45, 2.75) is 13.0 Å². The van der Waals surface area contributed by atoms with Crippen LogP contribution in [0.4, 0.5) is 5.69 Å². The number of pyridine rings is 1. The summed E-state index contributed by atoms with van der Waals surface area (Å²) in [6, 6.07) is 6.70. The summed E-state index contributed by atoms with van der Waals surface area (Å²) in [5, 5.41) is 21.8. The molecule has 29 heavy (non-hydrogen) atoms. The average molecular weight is 395 g/mol. The van der Waals surface area contributed by atoms with Crippen LogP contribution >= 0.6 is 0 Å². The Labute approximate surface area is 164 Å². The van der Waals surface area contributed by atoms with Crippen molar-refractivity contribution in [3.05, 3.63) is 61.9 Å². The molecule has 3 N–H and O–H groups in total. The fraction of sp³-hybridized carbons (Fsp3) is 0.200. The van der Waals surface area contributed by atoms with Crippen molar-refractivity contribution < 1.29 is 19.6 Å². The Morgan fingerprint density at radius 1 is 1.17 bits per heavy atom. The number of methoxy groups -OCH3 is 1. The number of hydrogen-bond acceptors (Lipinski definition) is 7. The zero-order chi connectivity index (χ0) is 20.9. The lowest BCUT2D eigenvalue weighted by Crippen LogP contribution is -2.24. The summed E-state index contributed by atoms with van der Waals surface area (Å²) in [7, 11) is 1.37. The monoisotopic (exact) mass is 395 g/mol. The number of nitrogens with two attached hydrogens (primary N) is 1. The van der Waals surface area contributed by atoms with Gasteiger partial charge in [0.2, 0.25) is 0 Å². The van der Waals surface area contributed by atoms with Gasteiger partial charge < -0.3 is 20.1 Å². The van der Waals surface area contributed by atoms with Crippen LogP contribution in [0.25, 0.3) is 22.0 Å². The van der Waals surface area contributed by atoms with Crippen LogP contribution in [0.1, 0.15) is 22.3 Å². The van der Waals surface area contributed by atoms with Crippen molar-refractivity contribution in [3.63, 3.8) is 0 Å². The molecule has 0 radical (unpaired) electrons. The van der Waals surface area contributed by atoms with Crippen molar-refractivity contribution in [1.29, 1.82) is 0 Å². The highest BCUT2D eigenvalue weighted by Gasteiger charge is 2.34. The standard InChI is InChI=1S/C20H17N3O6/c1-29-16-9-13-12(8-15(16)24)18-17(19(13)25)11-4-3-10(23(27)28)7-14(11)20(26)22(18)6-2-5-21/h3-4,7-9,24H,2,5-6,21H2,1H3. The molecular weight excluding hydrogens is 378 g/mol. The normalized spacial score (nSPS) is 12.1.